The number of carbonyl (C=O) groups is 1. The molecule has 0 bridgehead atoms. The number of amides is 1. The predicted octanol–water partition coefficient (Wildman–Crippen LogP) is 2.80. The summed E-state index contributed by atoms with van der Waals surface area (Å²) in [6, 6.07) is 17.6. The molecule has 29 heavy (non-hydrogen) atoms. The molecule has 1 heterocycles. The zero-order valence-corrected chi connectivity index (χ0v) is 17.2. The number of anilines is 2. The van der Waals surface area contributed by atoms with Gasteiger partial charge in [-0.1, -0.05) is 42.5 Å². The Morgan fingerprint density at radius 1 is 1.21 bits per heavy atom. The van der Waals surface area contributed by atoms with Gasteiger partial charge in [-0.2, -0.15) is 0 Å². The topological polar surface area (TPSA) is 91.5 Å². The summed E-state index contributed by atoms with van der Waals surface area (Å²) in [6.45, 7) is 1.28. The Labute approximate surface area is 175 Å². The molecule has 0 saturated heterocycles. The average Bonchev–Trinajstić information content (AvgIpc) is 3.16. The van der Waals surface area contributed by atoms with Crippen molar-refractivity contribution < 1.29 is 9.90 Å². The fourth-order valence-electron chi connectivity index (χ4n) is 2.97. The number of carbonyl (C=O) groups excluding carboxylic acids is 1. The van der Waals surface area contributed by atoms with Crippen LogP contribution >= 0.6 is 11.3 Å². The minimum Gasteiger partial charge on any atom is -0.387 e. The van der Waals surface area contributed by atoms with Crippen LogP contribution in [0.3, 0.4) is 0 Å². The minimum absolute atomic E-state index is 0.0281. The molecule has 2 aromatic carbocycles. The molecule has 7 heteroatoms. The van der Waals surface area contributed by atoms with Gasteiger partial charge in [-0.15, -0.1) is 11.3 Å². The molecular formula is C22H26N4O2S. The summed E-state index contributed by atoms with van der Waals surface area (Å²) in [7, 11) is 1.76. The molecule has 1 amide bonds. The standard InChI is InChI=1S/C22H26N4O2S/c1-26(21(28)13-18-15-29-22(23)25-18)19-9-7-16(8-10-19)11-12-24-14-20(27)17-5-3-2-4-6-17/h2-10,15,20,24,27H,11-14H2,1H3,(H2,23,25)/t20-/m0/s1. The third-order valence-electron chi connectivity index (χ3n) is 4.71. The summed E-state index contributed by atoms with van der Waals surface area (Å²) in [5.41, 5.74) is 9.24. The molecular weight excluding hydrogens is 384 g/mol. The van der Waals surface area contributed by atoms with E-state index < -0.39 is 6.10 Å². The van der Waals surface area contributed by atoms with E-state index in [1.165, 1.54) is 16.9 Å². The van der Waals surface area contributed by atoms with Crippen molar-refractivity contribution in [3.05, 3.63) is 76.8 Å². The molecule has 4 N–H and O–H groups in total. The molecule has 0 spiro atoms. The number of hydrogen-bond acceptors (Lipinski definition) is 6. The lowest BCUT2D eigenvalue weighted by Crippen LogP contribution is -2.28. The third kappa shape index (κ3) is 6.12. The Morgan fingerprint density at radius 3 is 2.59 bits per heavy atom. The van der Waals surface area contributed by atoms with Gasteiger partial charge in [0.15, 0.2) is 5.13 Å². The van der Waals surface area contributed by atoms with Crippen molar-refractivity contribution >= 4 is 28.1 Å². The molecule has 0 radical (unpaired) electrons. The van der Waals surface area contributed by atoms with Crippen molar-refractivity contribution in [3.8, 4) is 0 Å². The van der Waals surface area contributed by atoms with Crippen LogP contribution in [0.5, 0.6) is 0 Å². The van der Waals surface area contributed by atoms with E-state index in [4.69, 9.17) is 5.73 Å². The molecule has 0 aliphatic rings. The molecule has 152 valence electrons. The van der Waals surface area contributed by atoms with Crippen molar-refractivity contribution in [2.24, 2.45) is 0 Å². The van der Waals surface area contributed by atoms with Gasteiger partial charge in [0.1, 0.15) is 0 Å². The Balaban J connectivity index is 1.44. The molecule has 0 saturated carbocycles. The summed E-state index contributed by atoms with van der Waals surface area (Å²) in [6.07, 6.45) is 0.572. The van der Waals surface area contributed by atoms with Crippen LogP contribution in [0.4, 0.5) is 10.8 Å². The number of benzene rings is 2. The second-order valence-electron chi connectivity index (χ2n) is 6.85. The van der Waals surface area contributed by atoms with Gasteiger partial charge in [-0.3, -0.25) is 4.79 Å². The maximum Gasteiger partial charge on any atom is 0.232 e. The van der Waals surface area contributed by atoms with Crippen LogP contribution in [0.2, 0.25) is 0 Å². The van der Waals surface area contributed by atoms with Gasteiger partial charge >= 0.3 is 0 Å². The highest BCUT2D eigenvalue weighted by molar-refractivity contribution is 7.13. The lowest BCUT2D eigenvalue weighted by atomic mass is 10.1. The lowest BCUT2D eigenvalue weighted by molar-refractivity contribution is -0.117. The van der Waals surface area contributed by atoms with Crippen molar-refractivity contribution in [1.29, 1.82) is 0 Å². The first kappa shape index (κ1) is 21.0. The fourth-order valence-corrected chi connectivity index (χ4v) is 3.53. The molecule has 0 aliphatic heterocycles. The Bertz CT molecular complexity index is 912. The van der Waals surface area contributed by atoms with Crippen LogP contribution < -0.4 is 16.0 Å². The highest BCUT2D eigenvalue weighted by Crippen LogP contribution is 2.17. The van der Waals surface area contributed by atoms with E-state index >= 15 is 0 Å². The maximum atomic E-state index is 12.4. The van der Waals surface area contributed by atoms with Gasteiger partial charge in [0.05, 0.1) is 18.2 Å². The maximum absolute atomic E-state index is 12.4. The summed E-state index contributed by atoms with van der Waals surface area (Å²) < 4.78 is 0. The van der Waals surface area contributed by atoms with Gasteiger partial charge in [0.25, 0.3) is 0 Å². The van der Waals surface area contributed by atoms with Crippen molar-refractivity contribution in [3.63, 3.8) is 0 Å². The number of aromatic nitrogens is 1. The molecule has 3 aromatic rings. The number of likely N-dealkylation sites (N-methyl/N-ethyl adjacent to an activating group) is 1. The van der Waals surface area contributed by atoms with Crippen LogP contribution in [0.1, 0.15) is 22.9 Å². The largest absolute Gasteiger partial charge is 0.387 e. The summed E-state index contributed by atoms with van der Waals surface area (Å²) in [5.74, 6) is -0.0281. The number of nitrogens with two attached hydrogens (primary N) is 1. The Kier molecular flexibility index (Phi) is 7.35. The highest BCUT2D eigenvalue weighted by Gasteiger charge is 2.13. The Morgan fingerprint density at radius 2 is 1.93 bits per heavy atom. The zero-order valence-electron chi connectivity index (χ0n) is 16.4. The second-order valence-corrected chi connectivity index (χ2v) is 7.74. The van der Waals surface area contributed by atoms with Crippen LogP contribution in [0.25, 0.3) is 0 Å². The highest BCUT2D eigenvalue weighted by atomic mass is 32.1. The van der Waals surface area contributed by atoms with Crippen LogP contribution in [-0.4, -0.2) is 36.1 Å². The monoisotopic (exact) mass is 410 g/mol. The van der Waals surface area contributed by atoms with E-state index in [0.29, 0.717) is 17.4 Å². The van der Waals surface area contributed by atoms with Gasteiger partial charge < -0.3 is 21.1 Å². The number of nitrogens with zero attached hydrogens (tertiary/aromatic N) is 2. The van der Waals surface area contributed by atoms with E-state index in [2.05, 4.69) is 10.3 Å². The average molecular weight is 411 g/mol. The number of nitrogen functional groups attached to an aromatic ring is 1. The molecule has 1 aromatic heterocycles. The minimum atomic E-state index is -0.508. The van der Waals surface area contributed by atoms with Crippen molar-refractivity contribution in [2.45, 2.75) is 18.9 Å². The van der Waals surface area contributed by atoms with E-state index in [-0.39, 0.29) is 12.3 Å². The number of rotatable bonds is 9. The number of hydrogen-bond donors (Lipinski definition) is 3. The first-order valence-corrected chi connectivity index (χ1v) is 10.4. The summed E-state index contributed by atoms with van der Waals surface area (Å²) >= 11 is 1.34. The SMILES string of the molecule is CN(C(=O)Cc1csc(N)n1)c1ccc(CCNC[C@H](O)c2ccccc2)cc1. The van der Waals surface area contributed by atoms with Crippen LogP contribution in [-0.2, 0) is 17.6 Å². The number of thiazole rings is 1. The number of aliphatic hydroxyl groups excluding tert-OH is 1. The molecule has 1 atom stereocenters. The van der Waals surface area contributed by atoms with Gasteiger partial charge in [-0.25, -0.2) is 4.98 Å². The van der Waals surface area contributed by atoms with Crippen LogP contribution in [0, 0.1) is 0 Å². The predicted molar refractivity (Wildman–Crippen MR) is 118 cm³/mol. The molecule has 0 fully saturated rings. The summed E-state index contributed by atoms with van der Waals surface area (Å²) in [4.78, 5) is 18.2. The lowest BCUT2D eigenvalue weighted by Gasteiger charge is -2.17. The van der Waals surface area contributed by atoms with Gasteiger partial charge in [-0.05, 0) is 36.2 Å². The number of nitrogens with one attached hydrogen (secondary N) is 1. The Hall–Kier alpha value is -2.74. The van der Waals surface area contributed by atoms with Crippen LogP contribution in [0.15, 0.2) is 60.0 Å². The normalized spacial score (nSPS) is 11.9. The van der Waals surface area contributed by atoms with E-state index in [9.17, 15) is 9.90 Å². The zero-order chi connectivity index (χ0) is 20.6. The quantitative estimate of drug-likeness (QED) is 0.472. The first-order chi connectivity index (χ1) is 14.0. The van der Waals surface area contributed by atoms with Crippen molar-refractivity contribution in [2.75, 3.05) is 30.8 Å². The number of aliphatic hydroxyl groups is 1. The molecule has 6 nitrogen and oxygen atoms in total. The first-order valence-electron chi connectivity index (χ1n) is 9.52. The van der Waals surface area contributed by atoms with E-state index in [0.717, 1.165) is 24.2 Å². The molecule has 0 aliphatic carbocycles. The van der Waals surface area contributed by atoms with Gasteiger partial charge in [0, 0.05) is 24.7 Å². The molecule has 0 unspecified atom stereocenters. The van der Waals surface area contributed by atoms with E-state index in [1.54, 1.807) is 11.9 Å². The van der Waals surface area contributed by atoms with Crippen molar-refractivity contribution in [1.82, 2.24) is 10.3 Å². The second kappa shape index (κ2) is 10.2. The van der Waals surface area contributed by atoms with Gasteiger partial charge in [0.2, 0.25) is 5.91 Å². The summed E-state index contributed by atoms with van der Waals surface area (Å²) in [5, 5.41) is 15.7. The van der Waals surface area contributed by atoms with E-state index in [1.807, 2.05) is 60.0 Å². The molecule has 3 rings (SSSR count). The smallest absolute Gasteiger partial charge is 0.232 e. The fraction of sp³-hybridized carbons (Fsp3) is 0.273. The third-order valence-corrected chi connectivity index (χ3v) is 5.43.